The zero-order valence-electron chi connectivity index (χ0n) is 14.2. The molecule has 1 aliphatic heterocycles. The maximum absolute atomic E-state index is 13.8. The summed E-state index contributed by atoms with van der Waals surface area (Å²) in [7, 11) is 0. The van der Waals surface area contributed by atoms with Gasteiger partial charge in [-0.2, -0.15) is 0 Å². The van der Waals surface area contributed by atoms with Crippen molar-refractivity contribution in [3.8, 4) is 5.75 Å². The van der Waals surface area contributed by atoms with E-state index in [2.05, 4.69) is 35.1 Å². The van der Waals surface area contributed by atoms with Crippen LogP contribution in [-0.4, -0.2) is 23.6 Å². The summed E-state index contributed by atoms with van der Waals surface area (Å²) in [6.45, 7) is 4.83. The number of halogens is 2. The number of rotatable bonds is 3. The maximum Gasteiger partial charge on any atom is 0.338 e. The van der Waals surface area contributed by atoms with Crippen molar-refractivity contribution < 1.29 is 23.8 Å². The molecule has 136 valence electrons. The first-order valence-electron chi connectivity index (χ1n) is 8.00. The van der Waals surface area contributed by atoms with Gasteiger partial charge in [-0.1, -0.05) is 13.8 Å². The SMILES string of the molecule is CC1(C)CCOc2c(Br)cc(NC(=O)c3ccc(C(=O)O)c(F)c3)cc21. The van der Waals surface area contributed by atoms with Crippen LogP contribution in [0.1, 0.15) is 46.5 Å². The molecule has 1 heterocycles. The molecule has 1 aliphatic rings. The van der Waals surface area contributed by atoms with Crippen LogP contribution in [0.3, 0.4) is 0 Å². The Kier molecular flexibility index (Phi) is 4.75. The molecular formula is C19H17BrFNO4. The van der Waals surface area contributed by atoms with Crippen molar-refractivity contribution in [2.75, 3.05) is 11.9 Å². The summed E-state index contributed by atoms with van der Waals surface area (Å²) >= 11 is 3.47. The van der Waals surface area contributed by atoms with Crippen LogP contribution in [0.2, 0.25) is 0 Å². The summed E-state index contributed by atoms with van der Waals surface area (Å²) in [5.41, 5.74) is 0.975. The highest BCUT2D eigenvalue weighted by molar-refractivity contribution is 9.10. The largest absolute Gasteiger partial charge is 0.492 e. The molecule has 0 spiro atoms. The number of amides is 1. The summed E-state index contributed by atoms with van der Waals surface area (Å²) in [5, 5.41) is 11.6. The minimum Gasteiger partial charge on any atom is -0.492 e. The van der Waals surface area contributed by atoms with Crippen LogP contribution in [0.5, 0.6) is 5.75 Å². The number of carbonyl (C=O) groups excluding carboxylic acids is 1. The standard InChI is InChI=1S/C19H17BrFNO4/c1-19(2)5-6-26-16-13(19)8-11(9-14(16)20)22-17(23)10-3-4-12(18(24)25)15(21)7-10/h3-4,7-9H,5-6H2,1-2H3,(H,22,23)(H,24,25). The number of hydrogen-bond donors (Lipinski definition) is 2. The lowest BCUT2D eigenvalue weighted by atomic mass is 9.79. The van der Waals surface area contributed by atoms with E-state index in [0.29, 0.717) is 12.3 Å². The van der Waals surface area contributed by atoms with Crippen molar-refractivity contribution in [2.24, 2.45) is 0 Å². The van der Waals surface area contributed by atoms with Gasteiger partial charge in [0, 0.05) is 16.8 Å². The minimum atomic E-state index is -1.38. The smallest absolute Gasteiger partial charge is 0.338 e. The van der Waals surface area contributed by atoms with Gasteiger partial charge in [0.1, 0.15) is 11.6 Å². The number of ether oxygens (including phenoxy) is 1. The molecule has 0 saturated carbocycles. The van der Waals surface area contributed by atoms with Crippen LogP contribution in [0.25, 0.3) is 0 Å². The Labute approximate surface area is 158 Å². The quantitative estimate of drug-likeness (QED) is 0.759. The number of aromatic carboxylic acids is 1. The molecule has 0 unspecified atom stereocenters. The fourth-order valence-corrected chi connectivity index (χ4v) is 3.47. The Morgan fingerprint density at radius 1 is 1.27 bits per heavy atom. The first-order chi connectivity index (χ1) is 12.2. The Bertz CT molecular complexity index is 911. The van der Waals surface area contributed by atoms with Crippen LogP contribution < -0.4 is 10.1 Å². The molecule has 3 rings (SSSR count). The molecule has 0 atom stereocenters. The van der Waals surface area contributed by atoms with E-state index in [9.17, 15) is 14.0 Å². The number of benzene rings is 2. The molecule has 26 heavy (non-hydrogen) atoms. The van der Waals surface area contributed by atoms with Crippen molar-refractivity contribution in [1.82, 2.24) is 0 Å². The first-order valence-corrected chi connectivity index (χ1v) is 8.79. The molecule has 7 heteroatoms. The number of anilines is 1. The molecular weight excluding hydrogens is 405 g/mol. The fourth-order valence-electron chi connectivity index (χ4n) is 2.89. The Hall–Kier alpha value is -2.41. The van der Waals surface area contributed by atoms with Crippen LogP contribution in [0.4, 0.5) is 10.1 Å². The second kappa shape index (κ2) is 6.72. The van der Waals surface area contributed by atoms with Gasteiger partial charge < -0.3 is 15.2 Å². The van der Waals surface area contributed by atoms with E-state index < -0.39 is 23.3 Å². The highest BCUT2D eigenvalue weighted by Gasteiger charge is 2.30. The van der Waals surface area contributed by atoms with Gasteiger partial charge in [-0.05, 0) is 58.1 Å². The minimum absolute atomic E-state index is 0.0388. The first kappa shape index (κ1) is 18.4. The summed E-state index contributed by atoms with van der Waals surface area (Å²) in [6, 6.07) is 6.84. The average Bonchev–Trinajstić information content (AvgIpc) is 2.55. The van der Waals surface area contributed by atoms with E-state index in [1.54, 1.807) is 6.07 Å². The van der Waals surface area contributed by atoms with Crippen LogP contribution in [0, 0.1) is 5.82 Å². The molecule has 2 aromatic rings. The molecule has 2 N–H and O–H groups in total. The van der Waals surface area contributed by atoms with Gasteiger partial charge in [0.2, 0.25) is 0 Å². The third-order valence-corrected chi connectivity index (χ3v) is 5.05. The molecule has 0 saturated heterocycles. The zero-order chi connectivity index (χ0) is 19.1. The number of carboxylic acids is 1. The van der Waals surface area contributed by atoms with Gasteiger partial charge in [-0.3, -0.25) is 4.79 Å². The van der Waals surface area contributed by atoms with Crippen molar-refractivity contribution in [3.63, 3.8) is 0 Å². The van der Waals surface area contributed by atoms with Gasteiger partial charge in [-0.25, -0.2) is 9.18 Å². The van der Waals surface area contributed by atoms with Gasteiger partial charge in [-0.15, -0.1) is 0 Å². The van der Waals surface area contributed by atoms with Crippen molar-refractivity contribution in [1.29, 1.82) is 0 Å². The lowest BCUT2D eigenvalue weighted by Crippen LogP contribution is -2.27. The van der Waals surface area contributed by atoms with Crippen molar-refractivity contribution >= 4 is 33.5 Å². The lowest BCUT2D eigenvalue weighted by molar-refractivity contribution is 0.0691. The molecule has 0 aliphatic carbocycles. The second-order valence-corrected chi connectivity index (χ2v) is 7.63. The van der Waals surface area contributed by atoms with Crippen LogP contribution >= 0.6 is 15.9 Å². The van der Waals surface area contributed by atoms with Crippen LogP contribution in [-0.2, 0) is 5.41 Å². The van der Waals surface area contributed by atoms with E-state index in [-0.39, 0.29) is 11.0 Å². The molecule has 0 radical (unpaired) electrons. The highest BCUT2D eigenvalue weighted by Crippen LogP contribution is 2.44. The number of carboxylic acid groups (broad SMARTS) is 1. The van der Waals surface area contributed by atoms with Crippen molar-refractivity contribution in [3.05, 3.63) is 57.3 Å². The predicted molar refractivity (Wildman–Crippen MR) is 98.6 cm³/mol. The normalized spacial score (nSPS) is 14.9. The summed E-state index contributed by atoms with van der Waals surface area (Å²) < 4.78 is 20.3. The van der Waals surface area contributed by atoms with E-state index >= 15 is 0 Å². The highest BCUT2D eigenvalue weighted by atomic mass is 79.9. The molecule has 0 bridgehead atoms. The Morgan fingerprint density at radius 3 is 2.65 bits per heavy atom. The topological polar surface area (TPSA) is 75.6 Å². The summed E-state index contributed by atoms with van der Waals surface area (Å²) in [5.74, 6) is -2.10. The van der Waals surface area contributed by atoms with E-state index in [4.69, 9.17) is 9.84 Å². The van der Waals surface area contributed by atoms with Crippen molar-refractivity contribution in [2.45, 2.75) is 25.7 Å². The summed E-state index contributed by atoms with van der Waals surface area (Å²) in [6.07, 6.45) is 0.853. The average molecular weight is 422 g/mol. The number of hydrogen-bond acceptors (Lipinski definition) is 3. The number of carbonyl (C=O) groups is 2. The van der Waals surface area contributed by atoms with Gasteiger partial charge >= 0.3 is 5.97 Å². The van der Waals surface area contributed by atoms with E-state index in [1.165, 1.54) is 6.07 Å². The summed E-state index contributed by atoms with van der Waals surface area (Å²) in [4.78, 5) is 23.3. The molecule has 5 nitrogen and oxygen atoms in total. The Balaban J connectivity index is 1.90. The second-order valence-electron chi connectivity index (χ2n) is 6.77. The molecule has 0 aromatic heterocycles. The third-order valence-electron chi connectivity index (χ3n) is 4.47. The van der Waals surface area contributed by atoms with Gasteiger partial charge in [0.05, 0.1) is 16.6 Å². The molecule has 2 aromatic carbocycles. The maximum atomic E-state index is 13.8. The van der Waals surface area contributed by atoms with Gasteiger partial charge in [0.25, 0.3) is 5.91 Å². The molecule has 0 fully saturated rings. The van der Waals surface area contributed by atoms with Gasteiger partial charge in [0.15, 0.2) is 0 Å². The van der Waals surface area contributed by atoms with E-state index in [0.717, 1.165) is 34.3 Å². The molecule has 1 amide bonds. The monoisotopic (exact) mass is 421 g/mol. The Morgan fingerprint density at radius 2 is 2.00 bits per heavy atom. The fraction of sp³-hybridized carbons (Fsp3) is 0.263. The third kappa shape index (κ3) is 3.44. The van der Waals surface area contributed by atoms with E-state index in [1.807, 2.05) is 6.07 Å². The predicted octanol–water partition coefficient (Wildman–Crippen LogP) is 4.60. The number of fused-ring (bicyclic) bond motifs is 1. The lowest BCUT2D eigenvalue weighted by Gasteiger charge is -2.33. The number of nitrogens with one attached hydrogen (secondary N) is 1. The zero-order valence-corrected chi connectivity index (χ0v) is 15.8. The van der Waals surface area contributed by atoms with Crippen LogP contribution in [0.15, 0.2) is 34.8 Å².